The molecule has 8 heavy (non-hydrogen) atoms. The first-order chi connectivity index (χ1) is 3.77. The third-order valence-corrected chi connectivity index (χ3v) is 1.25. The monoisotopic (exact) mass is 155 g/mol. The van der Waals surface area contributed by atoms with Crippen LogP contribution in [0.5, 0.6) is 0 Å². The van der Waals surface area contributed by atoms with Crippen LogP contribution >= 0.6 is 0 Å². The Morgan fingerprint density at radius 1 is 1.50 bits per heavy atom. The van der Waals surface area contributed by atoms with Gasteiger partial charge in [0.1, 0.15) is 0 Å². The number of hydrogen-bond donors (Lipinski definition) is 0. The van der Waals surface area contributed by atoms with Gasteiger partial charge in [-0.05, 0) is 0 Å². The third kappa shape index (κ3) is 6.19. The molecule has 0 aliphatic carbocycles. The van der Waals surface area contributed by atoms with E-state index in [0.29, 0.717) is 6.42 Å². The predicted octanol–water partition coefficient (Wildman–Crippen LogP) is 1.64. The summed E-state index contributed by atoms with van der Waals surface area (Å²) >= 11 is 3.27. The van der Waals surface area contributed by atoms with E-state index in [1.165, 1.54) is 6.42 Å². The summed E-state index contributed by atoms with van der Waals surface area (Å²) in [6.07, 6.45) is 4.00. The zero-order valence-corrected chi connectivity index (χ0v) is 6.19. The van der Waals surface area contributed by atoms with Gasteiger partial charge in [0.25, 0.3) is 0 Å². The third-order valence-electron chi connectivity index (χ3n) is 0.971. The Morgan fingerprint density at radius 3 is 2.50 bits per heavy atom. The number of hydrogen-bond acceptors (Lipinski definition) is 1. The van der Waals surface area contributed by atoms with Gasteiger partial charge in [0, 0.05) is 0 Å². The maximum absolute atomic E-state index is 10.2. The normalized spacial score (nSPS) is 9.25. The summed E-state index contributed by atoms with van der Waals surface area (Å²) < 4.78 is 0.0680. The second kappa shape index (κ2) is 5.33. The van der Waals surface area contributed by atoms with Crippen molar-refractivity contribution in [2.75, 3.05) is 0 Å². The van der Waals surface area contributed by atoms with Crippen LogP contribution in [0.1, 0.15) is 32.6 Å². The second-order valence-corrected chi connectivity index (χ2v) is 2.41. The van der Waals surface area contributed by atoms with E-state index in [4.69, 9.17) is 0 Å². The first-order valence-electron chi connectivity index (χ1n) is 2.94. The predicted molar refractivity (Wildman–Crippen MR) is 29.1 cm³/mol. The van der Waals surface area contributed by atoms with Gasteiger partial charge in [-0.15, -0.1) is 0 Å². The summed E-state index contributed by atoms with van der Waals surface area (Å²) in [6.45, 7) is 2.12. The topological polar surface area (TPSA) is 17.1 Å². The van der Waals surface area contributed by atoms with Crippen LogP contribution in [0.2, 0.25) is 0 Å². The van der Waals surface area contributed by atoms with Gasteiger partial charge in [-0.2, -0.15) is 0 Å². The van der Waals surface area contributed by atoms with Crippen LogP contribution in [-0.2, 0) is 20.8 Å². The number of unbranched alkanes of at least 4 members (excludes halogenated alkanes) is 2. The molecule has 0 radical (unpaired) electrons. The van der Waals surface area contributed by atoms with Crippen molar-refractivity contribution in [1.29, 1.82) is 0 Å². The molecule has 1 nitrogen and oxygen atoms in total. The Hall–Kier alpha value is 0.189. The molecule has 0 aromatic carbocycles. The summed E-state index contributed by atoms with van der Waals surface area (Å²) in [4.78, 5) is 10.2. The van der Waals surface area contributed by atoms with Gasteiger partial charge >= 0.3 is 58.1 Å². The van der Waals surface area contributed by atoms with E-state index in [1.807, 2.05) is 0 Å². The van der Waals surface area contributed by atoms with Crippen LogP contribution in [0.3, 0.4) is 0 Å². The van der Waals surface area contributed by atoms with E-state index < -0.39 is 0 Å². The van der Waals surface area contributed by atoms with Crippen LogP contribution in [0, 0.1) is 0 Å². The minimum atomic E-state index is 0.0680. The van der Waals surface area contributed by atoms with Gasteiger partial charge in [0.15, 0.2) is 0 Å². The van der Waals surface area contributed by atoms with E-state index in [1.54, 1.807) is 0 Å². The molecular weight excluding hydrogens is 144 g/mol. The molecule has 0 unspecified atom stereocenters. The van der Waals surface area contributed by atoms with Crippen molar-refractivity contribution in [3.8, 4) is 0 Å². The summed E-state index contributed by atoms with van der Waals surface area (Å²) in [7, 11) is 0. The molecule has 0 aliphatic rings. The molecular formula is C6H11FeO. The quantitative estimate of drug-likeness (QED) is 0.445. The van der Waals surface area contributed by atoms with Crippen molar-refractivity contribution in [2.24, 2.45) is 0 Å². The van der Waals surface area contributed by atoms with Crippen LogP contribution < -0.4 is 0 Å². The van der Waals surface area contributed by atoms with Crippen molar-refractivity contribution in [3.05, 3.63) is 0 Å². The van der Waals surface area contributed by atoms with Crippen LogP contribution in [0.4, 0.5) is 0 Å². The molecule has 0 saturated carbocycles. The molecule has 2 heteroatoms. The molecule has 0 spiro atoms. The van der Waals surface area contributed by atoms with E-state index in [-0.39, 0.29) is 4.68 Å². The molecule has 0 atom stereocenters. The van der Waals surface area contributed by atoms with Gasteiger partial charge < -0.3 is 0 Å². The van der Waals surface area contributed by atoms with E-state index in [2.05, 4.69) is 22.9 Å². The molecule has 0 bridgehead atoms. The summed E-state index contributed by atoms with van der Waals surface area (Å²) in [5.74, 6) is 0. The van der Waals surface area contributed by atoms with Gasteiger partial charge in [-0.3, -0.25) is 0 Å². The average Bonchev–Trinajstić information content (AvgIpc) is 1.66. The first kappa shape index (κ1) is 8.19. The molecule has 0 N–H and O–H groups in total. The van der Waals surface area contributed by atoms with E-state index >= 15 is 0 Å². The van der Waals surface area contributed by atoms with Gasteiger partial charge in [0.05, 0.1) is 0 Å². The number of carbonyl (C=O) groups is 1. The summed E-state index contributed by atoms with van der Waals surface area (Å²) in [5, 5.41) is 0. The number of carbonyl (C=O) groups excluding carboxylic acids is 1. The molecule has 0 aromatic heterocycles. The fraction of sp³-hybridized carbons (Fsp3) is 0.833. The Kier molecular flexibility index (Phi) is 5.45. The van der Waals surface area contributed by atoms with Crippen molar-refractivity contribution in [2.45, 2.75) is 32.6 Å². The molecule has 0 heterocycles. The second-order valence-electron chi connectivity index (χ2n) is 1.80. The Morgan fingerprint density at radius 2 is 2.12 bits per heavy atom. The number of rotatable bonds is 4. The zero-order valence-electron chi connectivity index (χ0n) is 5.09. The molecule has 0 aliphatic heterocycles. The van der Waals surface area contributed by atoms with E-state index in [9.17, 15) is 4.79 Å². The zero-order chi connectivity index (χ0) is 6.41. The Balaban J connectivity index is 2.82. The van der Waals surface area contributed by atoms with E-state index in [0.717, 1.165) is 12.8 Å². The van der Waals surface area contributed by atoms with Crippen molar-refractivity contribution >= 4 is 4.68 Å². The standard InChI is InChI=1S/C6H11O.Fe/c1-2-3-4-5-6-7;/h2-5H2,1H3;. The fourth-order valence-corrected chi connectivity index (χ4v) is 0.705. The summed E-state index contributed by atoms with van der Waals surface area (Å²) in [6, 6.07) is 0. The Labute approximate surface area is 58.7 Å². The molecule has 49 valence electrons. The summed E-state index contributed by atoms with van der Waals surface area (Å²) in [5.41, 5.74) is 0. The Bertz CT molecular complexity index is 70.9. The fourth-order valence-electron chi connectivity index (χ4n) is 0.510. The van der Waals surface area contributed by atoms with Gasteiger partial charge in [-0.25, -0.2) is 0 Å². The van der Waals surface area contributed by atoms with Crippen molar-refractivity contribution in [1.82, 2.24) is 0 Å². The molecule has 0 rings (SSSR count). The van der Waals surface area contributed by atoms with Gasteiger partial charge in [0.2, 0.25) is 0 Å². The minimum absolute atomic E-state index is 0.0680. The van der Waals surface area contributed by atoms with Crippen molar-refractivity contribution in [3.63, 3.8) is 0 Å². The average molecular weight is 155 g/mol. The molecule has 0 aromatic rings. The van der Waals surface area contributed by atoms with Crippen LogP contribution in [0.15, 0.2) is 0 Å². The van der Waals surface area contributed by atoms with Gasteiger partial charge in [-0.1, -0.05) is 0 Å². The SMILES string of the molecule is CCCCC[C](=O)[Fe]. The van der Waals surface area contributed by atoms with Crippen LogP contribution in [0.25, 0.3) is 0 Å². The molecule has 0 fully saturated rings. The maximum atomic E-state index is 10.2. The van der Waals surface area contributed by atoms with Crippen LogP contribution in [-0.4, -0.2) is 4.68 Å². The molecule has 0 amide bonds. The first-order valence-corrected chi connectivity index (χ1v) is 3.49. The molecule has 0 saturated heterocycles. The van der Waals surface area contributed by atoms with Crippen molar-refractivity contribution < 1.29 is 20.8 Å².